The highest BCUT2D eigenvalue weighted by Gasteiger charge is 2.11. The van der Waals surface area contributed by atoms with Gasteiger partial charge in [0.25, 0.3) is 5.91 Å². The van der Waals surface area contributed by atoms with Crippen molar-refractivity contribution in [2.75, 3.05) is 5.32 Å². The number of phenols is 1. The van der Waals surface area contributed by atoms with Crippen LogP contribution in [-0.4, -0.2) is 11.0 Å². The van der Waals surface area contributed by atoms with Crippen molar-refractivity contribution < 1.29 is 14.6 Å². The molecule has 3 rings (SSSR count). The monoisotopic (exact) mass is 333 g/mol. The van der Waals surface area contributed by atoms with Crippen LogP contribution in [0, 0.1) is 13.8 Å². The Balaban J connectivity index is 1.72. The fraction of sp³-hybridized carbons (Fsp3) is 0.0952. The average Bonchev–Trinajstić information content (AvgIpc) is 2.63. The zero-order chi connectivity index (χ0) is 17.8. The summed E-state index contributed by atoms with van der Waals surface area (Å²) in [5, 5.41) is 12.8. The topological polar surface area (TPSA) is 58.6 Å². The zero-order valence-corrected chi connectivity index (χ0v) is 14.1. The van der Waals surface area contributed by atoms with E-state index in [1.54, 1.807) is 43.3 Å². The number of hydrogen-bond donors (Lipinski definition) is 2. The first-order valence-electron chi connectivity index (χ1n) is 7.98. The van der Waals surface area contributed by atoms with Gasteiger partial charge >= 0.3 is 0 Å². The number of rotatable bonds is 4. The molecule has 0 aromatic heterocycles. The van der Waals surface area contributed by atoms with Gasteiger partial charge in [0.1, 0.15) is 17.2 Å². The Labute approximate surface area is 146 Å². The van der Waals surface area contributed by atoms with E-state index in [4.69, 9.17) is 4.74 Å². The summed E-state index contributed by atoms with van der Waals surface area (Å²) in [6.07, 6.45) is 0. The van der Waals surface area contributed by atoms with Crippen molar-refractivity contribution in [1.82, 2.24) is 0 Å². The van der Waals surface area contributed by atoms with Gasteiger partial charge in [-0.25, -0.2) is 0 Å². The molecule has 0 aliphatic heterocycles. The Morgan fingerprint density at radius 1 is 0.880 bits per heavy atom. The Morgan fingerprint density at radius 3 is 2.20 bits per heavy atom. The molecule has 25 heavy (non-hydrogen) atoms. The van der Waals surface area contributed by atoms with E-state index in [0.717, 1.165) is 11.3 Å². The lowest BCUT2D eigenvalue weighted by Gasteiger charge is -2.12. The van der Waals surface area contributed by atoms with Gasteiger partial charge in [-0.3, -0.25) is 4.79 Å². The van der Waals surface area contributed by atoms with E-state index < -0.39 is 0 Å². The molecule has 3 aromatic rings. The molecule has 0 radical (unpaired) electrons. The van der Waals surface area contributed by atoms with Gasteiger partial charge in [-0.15, -0.1) is 0 Å². The summed E-state index contributed by atoms with van der Waals surface area (Å²) in [7, 11) is 0. The maximum atomic E-state index is 12.4. The van der Waals surface area contributed by atoms with Crippen LogP contribution >= 0.6 is 0 Å². The fourth-order valence-electron chi connectivity index (χ4n) is 2.46. The van der Waals surface area contributed by atoms with Crippen molar-refractivity contribution in [3.05, 3.63) is 83.4 Å². The van der Waals surface area contributed by atoms with Crippen LogP contribution in [0.1, 0.15) is 21.5 Å². The van der Waals surface area contributed by atoms with Crippen LogP contribution < -0.4 is 10.1 Å². The van der Waals surface area contributed by atoms with Crippen LogP contribution in [0.2, 0.25) is 0 Å². The number of amides is 1. The molecule has 0 unspecified atom stereocenters. The molecule has 0 heterocycles. The highest BCUT2D eigenvalue weighted by molar-refractivity contribution is 6.04. The van der Waals surface area contributed by atoms with Crippen LogP contribution in [0.25, 0.3) is 0 Å². The van der Waals surface area contributed by atoms with Gasteiger partial charge in [0.2, 0.25) is 0 Å². The van der Waals surface area contributed by atoms with Crippen LogP contribution in [0.5, 0.6) is 17.2 Å². The quantitative estimate of drug-likeness (QED) is 0.702. The van der Waals surface area contributed by atoms with Crippen molar-refractivity contribution in [2.24, 2.45) is 0 Å². The number of para-hydroxylation sites is 1. The average molecular weight is 333 g/mol. The molecule has 0 saturated carbocycles. The first-order chi connectivity index (χ1) is 12.0. The van der Waals surface area contributed by atoms with Gasteiger partial charge in [0, 0.05) is 16.8 Å². The number of nitrogens with one attached hydrogen (secondary N) is 1. The molecule has 126 valence electrons. The second kappa shape index (κ2) is 7.09. The highest BCUT2D eigenvalue weighted by atomic mass is 16.5. The van der Waals surface area contributed by atoms with Gasteiger partial charge in [-0.1, -0.05) is 24.3 Å². The number of anilines is 1. The molecule has 4 nitrogen and oxygen atoms in total. The summed E-state index contributed by atoms with van der Waals surface area (Å²) < 4.78 is 5.71. The second-order valence-electron chi connectivity index (χ2n) is 5.80. The number of carbonyl (C=O) groups excluding carboxylic acids is 1. The summed E-state index contributed by atoms with van der Waals surface area (Å²) >= 11 is 0. The van der Waals surface area contributed by atoms with E-state index in [-0.39, 0.29) is 11.7 Å². The molecule has 0 fully saturated rings. The summed E-state index contributed by atoms with van der Waals surface area (Å²) in [5.74, 6) is 1.36. The molecular formula is C21H19NO3. The fourth-order valence-corrected chi connectivity index (χ4v) is 2.46. The second-order valence-corrected chi connectivity index (χ2v) is 5.80. The molecule has 0 aliphatic rings. The molecule has 0 aliphatic carbocycles. The molecule has 4 heteroatoms. The minimum Gasteiger partial charge on any atom is -0.507 e. The zero-order valence-electron chi connectivity index (χ0n) is 14.1. The molecular weight excluding hydrogens is 314 g/mol. The summed E-state index contributed by atoms with van der Waals surface area (Å²) in [6, 6.07) is 19.9. The first-order valence-corrected chi connectivity index (χ1v) is 7.98. The van der Waals surface area contributed by atoms with Crippen molar-refractivity contribution in [2.45, 2.75) is 13.8 Å². The number of hydrogen-bond acceptors (Lipinski definition) is 3. The Bertz CT molecular complexity index is 887. The largest absolute Gasteiger partial charge is 0.507 e. The van der Waals surface area contributed by atoms with Crippen LogP contribution in [-0.2, 0) is 0 Å². The molecule has 2 N–H and O–H groups in total. The number of phenolic OH excluding ortho intramolecular Hbond substituents is 1. The Morgan fingerprint density at radius 2 is 1.52 bits per heavy atom. The summed E-state index contributed by atoms with van der Waals surface area (Å²) in [5.41, 5.74) is 2.54. The Hall–Kier alpha value is -3.27. The van der Waals surface area contributed by atoms with Crippen LogP contribution in [0.4, 0.5) is 5.69 Å². The predicted octanol–water partition coefficient (Wildman–Crippen LogP) is 5.05. The molecule has 0 bridgehead atoms. The van der Waals surface area contributed by atoms with E-state index >= 15 is 0 Å². The minimum absolute atomic E-state index is 0.199. The number of ether oxygens (including phenoxy) is 1. The summed E-state index contributed by atoms with van der Waals surface area (Å²) in [4.78, 5) is 12.4. The standard InChI is InChI=1S/C21H19NO3/c1-14-8-13-19(15(2)20(14)23)22-21(24)16-9-11-18(12-10-16)25-17-6-4-3-5-7-17/h3-13,23H,1-2H3,(H,22,24). The van der Waals surface area contributed by atoms with Gasteiger partial charge in [0.15, 0.2) is 0 Å². The maximum absolute atomic E-state index is 12.4. The molecule has 3 aromatic carbocycles. The first kappa shape index (κ1) is 16.6. The number of aryl methyl sites for hydroxylation is 1. The molecule has 0 saturated heterocycles. The minimum atomic E-state index is -0.238. The van der Waals surface area contributed by atoms with E-state index in [1.165, 1.54) is 0 Å². The van der Waals surface area contributed by atoms with Crippen molar-refractivity contribution in [3.8, 4) is 17.2 Å². The molecule has 0 atom stereocenters. The number of carbonyl (C=O) groups is 1. The Kier molecular flexibility index (Phi) is 4.70. The highest BCUT2D eigenvalue weighted by Crippen LogP contribution is 2.28. The van der Waals surface area contributed by atoms with E-state index in [9.17, 15) is 9.90 Å². The third-order valence-corrected chi connectivity index (χ3v) is 3.98. The van der Waals surface area contributed by atoms with Crippen molar-refractivity contribution in [3.63, 3.8) is 0 Å². The van der Waals surface area contributed by atoms with Gasteiger partial charge in [0.05, 0.1) is 0 Å². The smallest absolute Gasteiger partial charge is 0.255 e. The van der Waals surface area contributed by atoms with E-state index in [2.05, 4.69) is 5.32 Å². The number of benzene rings is 3. The van der Waals surface area contributed by atoms with Crippen molar-refractivity contribution >= 4 is 11.6 Å². The third-order valence-electron chi connectivity index (χ3n) is 3.98. The van der Waals surface area contributed by atoms with E-state index in [0.29, 0.717) is 22.6 Å². The normalized spacial score (nSPS) is 10.3. The lowest BCUT2D eigenvalue weighted by molar-refractivity contribution is 0.102. The van der Waals surface area contributed by atoms with Crippen LogP contribution in [0.15, 0.2) is 66.7 Å². The lowest BCUT2D eigenvalue weighted by Crippen LogP contribution is -2.12. The maximum Gasteiger partial charge on any atom is 0.255 e. The van der Waals surface area contributed by atoms with Gasteiger partial charge in [-0.05, 0) is 61.9 Å². The van der Waals surface area contributed by atoms with Crippen molar-refractivity contribution in [1.29, 1.82) is 0 Å². The number of aromatic hydroxyl groups is 1. The van der Waals surface area contributed by atoms with Crippen LogP contribution in [0.3, 0.4) is 0 Å². The lowest BCUT2D eigenvalue weighted by atomic mass is 10.1. The van der Waals surface area contributed by atoms with Gasteiger partial charge < -0.3 is 15.2 Å². The third kappa shape index (κ3) is 3.80. The summed E-state index contributed by atoms with van der Waals surface area (Å²) in [6.45, 7) is 3.59. The predicted molar refractivity (Wildman–Crippen MR) is 98.5 cm³/mol. The van der Waals surface area contributed by atoms with E-state index in [1.807, 2.05) is 37.3 Å². The SMILES string of the molecule is Cc1ccc(NC(=O)c2ccc(Oc3ccccc3)cc2)c(C)c1O. The molecule has 1 amide bonds. The van der Waals surface area contributed by atoms with Gasteiger partial charge in [-0.2, -0.15) is 0 Å². The molecule has 0 spiro atoms.